The van der Waals surface area contributed by atoms with E-state index in [-0.39, 0.29) is 17.6 Å². The Bertz CT molecular complexity index is 899. The van der Waals surface area contributed by atoms with Crippen molar-refractivity contribution in [1.82, 2.24) is 14.8 Å². The fourth-order valence-electron chi connectivity index (χ4n) is 4.51. The average Bonchev–Trinajstić information content (AvgIpc) is 2.79. The van der Waals surface area contributed by atoms with Gasteiger partial charge < -0.3 is 14.5 Å². The van der Waals surface area contributed by atoms with E-state index >= 15 is 0 Å². The molecule has 0 N–H and O–H groups in total. The first-order valence-corrected chi connectivity index (χ1v) is 10.7. The molecule has 0 saturated carbocycles. The number of likely N-dealkylation sites (tertiary alicyclic amines) is 1. The Kier molecular flexibility index (Phi) is 6.12. The van der Waals surface area contributed by atoms with Crippen LogP contribution in [0.3, 0.4) is 0 Å². The highest BCUT2D eigenvalue weighted by Gasteiger charge is 2.43. The van der Waals surface area contributed by atoms with Crippen molar-refractivity contribution in [3.8, 4) is 6.07 Å². The first-order chi connectivity index (χ1) is 14.6. The van der Waals surface area contributed by atoms with Crippen molar-refractivity contribution in [2.45, 2.75) is 37.9 Å². The number of ether oxygens (including phenoxy) is 1. The number of piperidine rings is 1. The molecule has 2 aliphatic rings. The molecule has 1 atom stereocenters. The second-order valence-corrected chi connectivity index (χ2v) is 8.40. The van der Waals surface area contributed by atoms with Crippen molar-refractivity contribution in [3.05, 3.63) is 65.5 Å². The second kappa shape index (κ2) is 8.95. The highest BCUT2D eigenvalue weighted by molar-refractivity contribution is 5.94. The second-order valence-electron chi connectivity index (χ2n) is 8.40. The van der Waals surface area contributed by atoms with Crippen LogP contribution in [0.4, 0.5) is 0 Å². The topological polar surface area (TPSA) is 69.5 Å². The number of carbonyl (C=O) groups excluding carboxylic acids is 1. The van der Waals surface area contributed by atoms with Gasteiger partial charge in [0.25, 0.3) is 5.91 Å². The minimum atomic E-state index is -0.245. The quantitative estimate of drug-likeness (QED) is 0.784. The maximum absolute atomic E-state index is 13.0. The van der Waals surface area contributed by atoms with Crippen LogP contribution >= 0.6 is 0 Å². The molecule has 0 aliphatic carbocycles. The maximum Gasteiger partial charge on any atom is 0.254 e. The molecule has 1 unspecified atom stereocenters. The molecule has 4 rings (SSSR count). The lowest BCUT2D eigenvalue weighted by Gasteiger charge is -2.49. The van der Waals surface area contributed by atoms with Gasteiger partial charge in [-0.3, -0.25) is 9.78 Å². The normalized spacial score (nSPS) is 21.3. The number of nitriles is 1. The van der Waals surface area contributed by atoms with Crippen molar-refractivity contribution in [3.63, 3.8) is 0 Å². The lowest BCUT2D eigenvalue weighted by Crippen LogP contribution is -2.60. The number of carbonyl (C=O) groups is 1. The fourth-order valence-corrected chi connectivity index (χ4v) is 4.51. The summed E-state index contributed by atoms with van der Waals surface area (Å²) in [4.78, 5) is 21.8. The number of hydrogen-bond acceptors (Lipinski definition) is 5. The smallest absolute Gasteiger partial charge is 0.254 e. The zero-order valence-electron chi connectivity index (χ0n) is 17.5. The lowest BCUT2D eigenvalue weighted by atomic mass is 9.88. The maximum atomic E-state index is 13.0. The van der Waals surface area contributed by atoms with Crippen LogP contribution in [-0.4, -0.2) is 65.1 Å². The molecule has 156 valence electrons. The monoisotopic (exact) mass is 404 g/mol. The summed E-state index contributed by atoms with van der Waals surface area (Å²) < 4.78 is 6.40. The molecule has 1 aromatic heterocycles. The number of hydrogen-bond donors (Lipinski definition) is 0. The largest absolute Gasteiger partial charge is 0.368 e. The van der Waals surface area contributed by atoms with E-state index in [2.05, 4.69) is 22.9 Å². The van der Waals surface area contributed by atoms with Gasteiger partial charge in [-0.15, -0.1) is 0 Å². The van der Waals surface area contributed by atoms with E-state index in [0.29, 0.717) is 18.7 Å². The summed E-state index contributed by atoms with van der Waals surface area (Å²) in [6.07, 6.45) is 4.40. The molecule has 30 heavy (non-hydrogen) atoms. The molecule has 2 aromatic rings. The molecule has 2 fully saturated rings. The average molecular weight is 405 g/mol. The van der Waals surface area contributed by atoms with Crippen LogP contribution in [0.25, 0.3) is 0 Å². The molecule has 1 spiro atoms. The van der Waals surface area contributed by atoms with Crippen LogP contribution in [0.2, 0.25) is 0 Å². The molecule has 1 amide bonds. The van der Waals surface area contributed by atoms with Crippen LogP contribution in [0.5, 0.6) is 0 Å². The number of nitrogens with zero attached hydrogens (tertiary/aromatic N) is 4. The summed E-state index contributed by atoms with van der Waals surface area (Å²) in [6, 6.07) is 15.4. The molecular formula is C24H28N4O2. The number of pyridine rings is 1. The van der Waals surface area contributed by atoms with Gasteiger partial charge in [-0.05, 0) is 44.0 Å². The SMILES string of the molecule is CC1CN(C(=O)c2ccccc2)CC2(CCN(CCc3ccc(C#N)cn3)CC2)O1. The Morgan fingerprint density at radius 3 is 2.67 bits per heavy atom. The summed E-state index contributed by atoms with van der Waals surface area (Å²) >= 11 is 0. The fraction of sp³-hybridized carbons (Fsp3) is 0.458. The highest BCUT2D eigenvalue weighted by atomic mass is 16.5. The van der Waals surface area contributed by atoms with Crippen LogP contribution < -0.4 is 0 Å². The van der Waals surface area contributed by atoms with Crippen molar-refractivity contribution in [2.75, 3.05) is 32.7 Å². The standard InChI is InChI=1S/C24H28N4O2/c1-19-17-28(23(29)21-5-3-2-4-6-21)18-24(30-19)10-13-27(14-11-24)12-9-22-8-7-20(15-25)16-26-22/h2-8,16,19H,9-14,17-18H2,1H3. The number of morpholine rings is 1. The minimum absolute atomic E-state index is 0.0424. The summed E-state index contributed by atoms with van der Waals surface area (Å²) in [5.41, 5.74) is 2.10. The van der Waals surface area contributed by atoms with Crippen molar-refractivity contribution in [1.29, 1.82) is 5.26 Å². The van der Waals surface area contributed by atoms with Crippen LogP contribution in [0.15, 0.2) is 48.7 Å². The molecule has 2 saturated heterocycles. The predicted octanol–water partition coefficient (Wildman–Crippen LogP) is 2.89. The predicted molar refractivity (Wildman–Crippen MR) is 114 cm³/mol. The van der Waals surface area contributed by atoms with E-state index in [4.69, 9.17) is 10.00 Å². The molecule has 0 radical (unpaired) electrons. The van der Waals surface area contributed by atoms with Gasteiger partial charge in [0.05, 0.1) is 23.8 Å². The van der Waals surface area contributed by atoms with E-state index in [1.165, 1.54) is 0 Å². The lowest BCUT2D eigenvalue weighted by molar-refractivity contribution is -0.161. The third-order valence-corrected chi connectivity index (χ3v) is 6.12. The van der Waals surface area contributed by atoms with Crippen LogP contribution in [0, 0.1) is 11.3 Å². The van der Waals surface area contributed by atoms with Gasteiger partial charge in [0.2, 0.25) is 0 Å². The van der Waals surface area contributed by atoms with Crippen molar-refractivity contribution in [2.24, 2.45) is 0 Å². The first-order valence-electron chi connectivity index (χ1n) is 10.7. The Balaban J connectivity index is 1.33. The molecular weight excluding hydrogens is 376 g/mol. The number of amides is 1. The minimum Gasteiger partial charge on any atom is -0.368 e. The zero-order chi connectivity index (χ0) is 21.0. The van der Waals surface area contributed by atoms with E-state index in [0.717, 1.165) is 50.2 Å². The van der Waals surface area contributed by atoms with E-state index < -0.39 is 0 Å². The molecule has 3 heterocycles. The van der Waals surface area contributed by atoms with E-state index in [1.807, 2.05) is 47.4 Å². The summed E-state index contributed by atoms with van der Waals surface area (Å²) in [6.45, 7) is 6.22. The molecule has 2 aliphatic heterocycles. The third-order valence-electron chi connectivity index (χ3n) is 6.12. The number of aromatic nitrogens is 1. The van der Waals surface area contributed by atoms with Gasteiger partial charge in [0.1, 0.15) is 6.07 Å². The van der Waals surface area contributed by atoms with Gasteiger partial charge in [-0.1, -0.05) is 18.2 Å². The summed E-state index contributed by atoms with van der Waals surface area (Å²) in [5.74, 6) is 0.0967. The van der Waals surface area contributed by atoms with E-state index in [1.54, 1.807) is 6.20 Å². The van der Waals surface area contributed by atoms with Gasteiger partial charge in [0, 0.05) is 50.1 Å². The van der Waals surface area contributed by atoms with Crippen LogP contribution in [0.1, 0.15) is 41.4 Å². The van der Waals surface area contributed by atoms with E-state index in [9.17, 15) is 4.79 Å². The van der Waals surface area contributed by atoms with Gasteiger partial charge >= 0.3 is 0 Å². The van der Waals surface area contributed by atoms with Gasteiger partial charge in [-0.2, -0.15) is 5.26 Å². The summed E-state index contributed by atoms with van der Waals surface area (Å²) in [7, 11) is 0. The van der Waals surface area contributed by atoms with Gasteiger partial charge in [0.15, 0.2) is 0 Å². The number of benzene rings is 1. The van der Waals surface area contributed by atoms with Crippen molar-refractivity contribution < 1.29 is 9.53 Å². The van der Waals surface area contributed by atoms with Crippen molar-refractivity contribution >= 4 is 5.91 Å². The summed E-state index contributed by atoms with van der Waals surface area (Å²) in [5, 5.41) is 8.88. The molecule has 0 bridgehead atoms. The number of rotatable bonds is 4. The van der Waals surface area contributed by atoms with Crippen LogP contribution in [-0.2, 0) is 11.2 Å². The Labute approximate surface area is 178 Å². The molecule has 1 aromatic carbocycles. The Morgan fingerprint density at radius 2 is 2.00 bits per heavy atom. The molecule has 6 nitrogen and oxygen atoms in total. The third kappa shape index (κ3) is 4.69. The van der Waals surface area contributed by atoms with Gasteiger partial charge in [-0.25, -0.2) is 0 Å². The Hall–Kier alpha value is -2.75. The Morgan fingerprint density at radius 1 is 1.23 bits per heavy atom. The molecule has 6 heteroatoms. The highest BCUT2D eigenvalue weighted by Crippen LogP contribution is 2.33. The first kappa shape index (κ1) is 20.5. The zero-order valence-corrected chi connectivity index (χ0v) is 17.5.